The van der Waals surface area contributed by atoms with Gasteiger partial charge in [-0.15, -0.1) is 24.0 Å². The van der Waals surface area contributed by atoms with Crippen LogP contribution in [-0.2, 0) is 4.74 Å². The van der Waals surface area contributed by atoms with E-state index in [-0.39, 0.29) is 24.0 Å². The molecule has 0 atom stereocenters. The van der Waals surface area contributed by atoms with Gasteiger partial charge in [-0.05, 0) is 51.5 Å². The fourth-order valence-electron chi connectivity index (χ4n) is 3.31. The minimum Gasteiger partial charge on any atom is -0.381 e. The smallest absolute Gasteiger partial charge is 0.193 e. The van der Waals surface area contributed by atoms with Gasteiger partial charge in [-0.25, -0.2) is 0 Å². The molecule has 2 rings (SSSR count). The molecule has 1 saturated carbocycles. The topological polar surface area (TPSA) is 40.1 Å². The van der Waals surface area contributed by atoms with E-state index in [1.165, 1.54) is 32.1 Å². The van der Waals surface area contributed by atoms with Crippen LogP contribution in [0.25, 0.3) is 0 Å². The van der Waals surface area contributed by atoms with Gasteiger partial charge in [-0.1, -0.05) is 6.92 Å². The predicted octanol–water partition coefficient (Wildman–Crippen LogP) is 2.80. The van der Waals surface area contributed by atoms with E-state index in [0.717, 1.165) is 63.9 Å². The molecule has 0 spiro atoms. The molecule has 142 valence electrons. The fraction of sp³-hybridized carbons (Fsp3) is 0.944. The number of nitrogens with one attached hydrogen (secondary N) is 1. The standard InChI is InChI=1S/C18H36N4O.HI/c1-4-19-18(20-11-13-22(5-2)17-6-7-17)21(3)12-8-16-9-14-23-15-10-16;/h16-17H,4-15H2,1-3H3,(H,19,20);1H. The molecular formula is C18H37IN4O. The van der Waals surface area contributed by atoms with Crippen LogP contribution in [0.1, 0.15) is 46.0 Å². The summed E-state index contributed by atoms with van der Waals surface area (Å²) in [4.78, 5) is 9.70. The van der Waals surface area contributed by atoms with Crippen LogP contribution in [0.3, 0.4) is 0 Å². The second-order valence-corrected chi connectivity index (χ2v) is 6.86. The quantitative estimate of drug-likeness (QED) is 0.332. The van der Waals surface area contributed by atoms with Crippen molar-refractivity contribution in [2.75, 3.05) is 53.0 Å². The molecule has 0 amide bonds. The van der Waals surface area contributed by atoms with Gasteiger partial charge in [0.1, 0.15) is 0 Å². The lowest BCUT2D eigenvalue weighted by Crippen LogP contribution is -2.40. The summed E-state index contributed by atoms with van der Waals surface area (Å²) < 4.78 is 5.45. The van der Waals surface area contributed by atoms with E-state index in [9.17, 15) is 0 Å². The molecule has 24 heavy (non-hydrogen) atoms. The molecule has 0 aromatic carbocycles. The number of rotatable bonds is 9. The van der Waals surface area contributed by atoms with E-state index in [4.69, 9.17) is 9.73 Å². The van der Waals surface area contributed by atoms with Crippen LogP contribution in [0.15, 0.2) is 4.99 Å². The molecule has 0 aromatic rings. The van der Waals surface area contributed by atoms with Crippen molar-refractivity contribution in [3.05, 3.63) is 0 Å². The molecule has 6 heteroatoms. The van der Waals surface area contributed by atoms with Crippen molar-refractivity contribution >= 4 is 29.9 Å². The van der Waals surface area contributed by atoms with Crippen molar-refractivity contribution in [3.8, 4) is 0 Å². The Morgan fingerprint density at radius 3 is 2.42 bits per heavy atom. The molecule has 0 bridgehead atoms. The van der Waals surface area contributed by atoms with Gasteiger partial charge in [-0.2, -0.15) is 0 Å². The molecule has 0 unspecified atom stereocenters. The van der Waals surface area contributed by atoms with Gasteiger partial charge in [0.2, 0.25) is 0 Å². The van der Waals surface area contributed by atoms with Crippen molar-refractivity contribution in [3.63, 3.8) is 0 Å². The summed E-state index contributed by atoms with van der Waals surface area (Å²) >= 11 is 0. The summed E-state index contributed by atoms with van der Waals surface area (Å²) in [6, 6.07) is 0.837. The molecule has 1 heterocycles. The summed E-state index contributed by atoms with van der Waals surface area (Å²) in [5.41, 5.74) is 0. The van der Waals surface area contributed by atoms with Crippen molar-refractivity contribution in [1.82, 2.24) is 15.1 Å². The first-order chi connectivity index (χ1) is 11.2. The van der Waals surface area contributed by atoms with Crippen molar-refractivity contribution < 1.29 is 4.74 Å². The van der Waals surface area contributed by atoms with E-state index in [0.29, 0.717) is 0 Å². The zero-order valence-electron chi connectivity index (χ0n) is 15.8. The molecule has 2 fully saturated rings. The number of aliphatic imine (C=N–C) groups is 1. The number of guanidine groups is 1. The average Bonchev–Trinajstić information content (AvgIpc) is 3.41. The number of hydrogen-bond acceptors (Lipinski definition) is 3. The maximum Gasteiger partial charge on any atom is 0.193 e. The van der Waals surface area contributed by atoms with Gasteiger partial charge < -0.3 is 15.0 Å². The monoisotopic (exact) mass is 452 g/mol. The Hall–Kier alpha value is -0.0800. The van der Waals surface area contributed by atoms with Crippen LogP contribution in [-0.4, -0.2) is 74.8 Å². The minimum absolute atomic E-state index is 0. The molecule has 1 N–H and O–H groups in total. The zero-order chi connectivity index (χ0) is 16.5. The highest BCUT2D eigenvalue weighted by Gasteiger charge is 2.27. The van der Waals surface area contributed by atoms with E-state index in [1.54, 1.807) is 0 Å². The highest BCUT2D eigenvalue weighted by molar-refractivity contribution is 14.0. The van der Waals surface area contributed by atoms with Crippen molar-refractivity contribution in [2.24, 2.45) is 10.9 Å². The lowest BCUT2D eigenvalue weighted by Gasteiger charge is -2.27. The highest BCUT2D eigenvalue weighted by Crippen LogP contribution is 2.26. The highest BCUT2D eigenvalue weighted by atomic mass is 127. The first-order valence-electron chi connectivity index (χ1n) is 9.55. The molecule has 1 saturated heterocycles. The van der Waals surface area contributed by atoms with Crippen molar-refractivity contribution in [2.45, 2.75) is 52.0 Å². The Bertz CT molecular complexity index is 357. The van der Waals surface area contributed by atoms with E-state index >= 15 is 0 Å². The Kier molecular flexibility index (Phi) is 11.3. The molecular weight excluding hydrogens is 415 g/mol. The second-order valence-electron chi connectivity index (χ2n) is 6.86. The van der Waals surface area contributed by atoms with Gasteiger partial charge in [0, 0.05) is 45.9 Å². The summed E-state index contributed by atoms with van der Waals surface area (Å²) in [6.07, 6.45) is 6.43. The Balaban J connectivity index is 0.00000288. The van der Waals surface area contributed by atoms with Crippen LogP contribution in [0.4, 0.5) is 0 Å². The number of nitrogens with zero attached hydrogens (tertiary/aromatic N) is 3. The maximum atomic E-state index is 5.45. The normalized spacial score (nSPS) is 19.2. The van der Waals surface area contributed by atoms with Crippen LogP contribution in [0.5, 0.6) is 0 Å². The number of likely N-dealkylation sites (N-methyl/N-ethyl adjacent to an activating group) is 1. The Labute approximate surface area is 165 Å². The van der Waals surface area contributed by atoms with E-state index in [2.05, 4.69) is 36.0 Å². The molecule has 0 radical (unpaired) electrons. The third-order valence-corrected chi connectivity index (χ3v) is 5.03. The van der Waals surface area contributed by atoms with Crippen LogP contribution in [0.2, 0.25) is 0 Å². The Morgan fingerprint density at radius 1 is 1.12 bits per heavy atom. The van der Waals surface area contributed by atoms with Gasteiger partial charge in [0.15, 0.2) is 5.96 Å². The van der Waals surface area contributed by atoms with Crippen LogP contribution >= 0.6 is 24.0 Å². The SMILES string of the molecule is CCNC(=NCCN(CC)C1CC1)N(C)CCC1CCOCC1.I. The molecule has 2 aliphatic rings. The molecule has 1 aliphatic carbocycles. The molecule has 0 aromatic heterocycles. The Morgan fingerprint density at radius 2 is 1.83 bits per heavy atom. The third kappa shape index (κ3) is 7.87. The number of halogens is 1. The fourth-order valence-corrected chi connectivity index (χ4v) is 3.31. The van der Waals surface area contributed by atoms with Gasteiger partial charge in [0.25, 0.3) is 0 Å². The van der Waals surface area contributed by atoms with E-state index < -0.39 is 0 Å². The predicted molar refractivity (Wildman–Crippen MR) is 112 cm³/mol. The number of ether oxygens (including phenoxy) is 1. The summed E-state index contributed by atoms with van der Waals surface area (Å²) in [5, 5.41) is 3.44. The minimum atomic E-state index is 0. The average molecular weight is 452 g/mol. The first-order valence-corrected chi connectivity index (χ1v) is 9.55. The summed E-state index contributed by atoms with van der Waals surface area (Å²) in [7, 11) is 2.17. The zero-order valence-corrected chi connectivity index (χ0v) is 18.1. The first kappa shape index (κ1) is 22.0. The van der Waals surface area contributed by atoms with Crippen LogP contribution in [0, 0.1) is 5.92 Å². The lowest BCUT2D eigenvalue weighted by atomic mass is 9.96. The second kappa shape index (κ2) is 12.3. The largest absolute Gasteiger partial charge is 0.381 e. The van der Waals surface area contributed by atoms with E-state index in [1.807, 2.05) is 0 Å². The maximum absolute atomic E-state index is 5.45. The third-order valence-electron chi connectivity index (χ3n) is 5.03. The summed E-state index contributed by atoms with van der Waals surface area (Å²) in [5.74, 6) is 1.88. The van der Waals surface area contributed by atoms with Crippen LogP contribution < -0.4 is 5.32 Å². The molecule has 5 nitrogen and oxygen atoms in total. The lowest BCUT2D eigenvalue weighted by molar-refractivity contribution is 0.0625. The van der Waals surface area contributed by atoms with Gasteiger partial charge in [0.05, 0.1) is 6.54 Å². The van der Waals surface area contributed by atoms with Gasteiger partial charge >= 0.3 is 0 Å². The van der Waals surface area contributed by atoms with Crippen molar-refractivity contribution in [1.29, 1.82) is 0 Å². The van der Waals surface area contributed by atoms with Gasteiger partial charge in [-0.3, -0.25) is 9.89 Å². The number of hydrogen-bond donors (Lipinski definition) is 1. The summed E-state index contributed by atoms with van der Waals surface area (Å²) in [6.45, 7) is 11.4. The molecule has 1 aliphatic heterocycles.